The van der Waals surface area contributed by atoms with Gasteiger partial charge in [-0.15, -0.1) is 0 Å². The summed E-state index contributed by atoms with van der Waals surface area (Å²) in [6.07, 6.45) is 2.93. The number of carbonyl (C=O) groups excluding carboxylic acids is 1. The molecule has 34 heavy (non-hydrogen) atoms. The minimum Gasteiger partial charge on any atom is -0.343 e. The van der Waals surface area contributed by atoms with Crippen LogP contribution in [-0.2, 0) is 23.6 Å². The van der Waals surface area contributed by atoms with E-state index in [1.165, 1.54) is 27.2 Å². The normalized spacial score (nSPS) is 14.6. The molecule has 1 aliphatic heterocycles. The number of aromatic nitrogens is 2. The summed E-state index contributed by atoms with van der Waals surface area (Å²) >= 11 is 0. The van der Waals surface area contributed by atoms with Gasteiger partial charge in [0.1, 0.15) is 0 Å². The molecule has 5 rings (SSSR count). The lowest BCUT2D eigenvalue weighted by Crippen LogP contribution is -2.30. The van der Waals surface area contributed by atoms with Crippen molar-refractivity contribution in [2.45, 2.75) is 24.3 Å². The molecule has 0 aliphatic carbocycles. The highest BCUT2D eigenvalue weighted by atomic mass is 32.2. The van der Waals surface area contributed by atoms with Crippen molar-refractivity contribution in [2.75, 3.05) is 13.1 Å². The predicted octanol–water partition coefficient (Wildman–Crippen LogP) is 3.67. The Labute approximate surface area is 197 Å². The number of Topliss-reactive ketones (excluding diaryl/α,β-unsaturated/α-hetero) is 1. The maximum absolute atomic E-state index is 13.7. The number of para-hydroxylation sites is 1. The molecule has 2 aromatic carbocycles. The van der Waals surface area contributed by atoms with Crippen molar-refractivity contribution in [3.05, 3.63) is 88.8 Å². The Balaban J connectivity index is 1.59. The van der Waals surface area contributed by atoms with Gasteiger partial charge in [-0.05, 0) is 30.5 Å². The first-order valence-electron chi connectivity index (χ1n) is 11.2. The van der Waals surface area contributed by atoms with Crippen molar-refractivity contribution in [3.8, 4) is 11.3 Å². The molecule has 0 N–H and O–H groups in total. The summed E-state index contributed by atoms with van der Waals surface area (Å²) in [4.78, 5) is 26.3. The van der Waals surface area contributed by atoms with Gasteiger partial charge in [0.2, 0.25) is 10.0 Å². The fourth-order valence-corrected chi connectivity index (χ4v) is 6.24. The van der Waals surface area contributed by atoms with Gasteiger partial charge in [0.15, 0.2) is 5.78 Å². The molecule has 0 atom stereocenters. The van der Waals surface area contributed by atoms with E-state index in [4.69, 9.17) is 0 Å². The van der Waals surface area contributed by atoms with Gasteiger partial charge in [-0.3, -0.25) is 9.59 Å². The summed E-state index contributed by atoms with van der Waals surface area (Å²) in [6, 6.07) is 19.8. The van der Waals surface area contributed by atoms with E-state index in [1.807, 2.05) is 66.2 Å². The summed E-state index contributed by atoms with van der Waals surface area (Å²) in [6.45, 7) is 0.684. The number of pyridine rings is 1. The van der Waals surface area contributed by atoms with E-state index < -0.39 is 15.6 Å². The van der Waals surface area contributed by atoms with Gasteiger partial charge < -0.3 is 9.13 Å². The maximum atomic E-state index is 13.7. The molecule has 1 saturated heterocycles. The molecule has 0 spiro atoms. The summed E-state index contributed by atoms with van der Waals surface area (Å²) in [5.74, 6) is -0.256. The quantitative estimate of drug-likeness (QED) is 0.399. The minimum absolute atomic E-state index is 0.0306. The number of aryl methyl sites for hydroxylation is 1. The molecular formula is C26H25N3O4S. The van der Waals surface area contributed by atoms with Crippen molar-refractivity contribution < 1.29 is 13.2 Å². The first-order valence-corrected chi connectivity index (χ1v) is 12.7. The number of fused-ring (bicyclic) bond motifs is 1. The second-order valence-corrected chi connectivity index (χ2v) is 10.5. The summed E-state index contributed by atoms with van der Waals surface area (Å²) in [7, 11) is -1.79. The Morgan fingerprint density at radius 2 is 1.59 bits per heavy atom. The van der Waals surface area contributed by atoms with Crippen LogP contribution in [0, 0.1) is 0 Å². The second-order valence-electron chi connectivity index (χ2n) is 8.53. The van der Waals surface area contributed by atoms with Gasteiger partial charge in [0.05, 0.1) is 22.7 Å². The lowest BCUT2D eigenvalue weighted by Gasteiger charge is -2.16. The van der Waals surface area contributed by atoms with Gasteiger partial charge in [0, 0.05) is 43.3 Å². The number of benzene rings is 2. The first kappa shape index (κ1) is 22.3. The molecule has 8 heteroatoms. The average Bonchev–Trinajstić information content (AvgIpc) is 3.49. The van der Waals surface area contributed by atoms with Crippen molar-refractivity contribution >= 4 is 26.7 Å². The zero-order valence-electron chi connectivity index (χ0n) is 18.8. The number of rotatable bonds is 6. The molecule has 7 nitrogen and oxygen atoms in total. The highest BCUT2D eigenvalue weighted by Gasteiger charge is 2.28. The van der Waals surface area contributed by atoms with E-state index in [-0.39, 0.29) is 17.2 Å². The van der Waals surface area contributed by atoms with Gasteiger partial charge >= 0.3 is 0 Å². The Bertz CT molecular complexity index is 1550. The summed E-state index contributed by atoms with van der Waals surface area (Å²) in [5, 5.41) is 0.794. The zero-order valence-corrected chi connectivity index (χ0v) is 19.7. The second kappa shape index (κ2) is 8.70. The molecule has 1 fully saturated rings. The van der Waals surface area contributed by atoms with Crippen molar-refractivity contribution in [1.29, 1.82) is 0 Å². The van der Waals surface area contributed by atoms with Crippen molar-refractivity contribution in [2.24, 2.45) is 7.05 Å². The molecule has 0 unspecified atom stereocenters. The standard InChI is InChI=1S/C26H25N3O4S/c1-27-22-12-6-5-11-21(22)25(26(27)19-9-3-2-4-10-19)23(30)18-28-17-20(13-14-24(28)31)34(32,33)29-15-7-8-16-29/h2-6,9-14,17H,7-8,15-16,18H2,1H3. The number of hydrogen-bond acceptors (Lipinski definition) is 4. The molecule has 0 amide bonds. The molecule has 0 saturated carbocycles. The topological polar surface area (TPSA) is 81.4 Å². The number of hydrogen-bond donors (Lipinski definition) is 0. The third-order valence-corrected chi connectivity index (χ3v) is 8.29. The highest BCUT2D eigenvalue weighted by molar-refractivity contribution is 7.89. The first-order chi connectivity index (χ1) is 16.4. The van der Waals surface area contributed by atoms with Crippen LogP contribution in [0.1, 0.15) is 23.2 Å². The minimum atomic E-state index is -3.70. The lowest BCUT2D eigenvalue weighted by atomic mass is 10.0. The fourth-order valence-electron chi connectivity index (χ4n) is 4.71. The van der Waals surface area contributed by atoms with Gasteiger partial charge in [-0.1, -0.05) is 48.5 Å². The highest BCUT2D eigenvalue weighted by Crippen LogP contribution is 2.33. The van der Waals surface area contributed by atoms with Crippen molar-refractivity contribution in [1.82, 2.24) is 13.4 Å². The Morgan fingerprint density at radius 3 is 2.32 bits per heavy atom. The molecule has 3 heterocycles. The molecular weight excluding hydrogens is 450 g/mol. The monoisotopic (exact) mass is 475 g/mol. The van der Waals surface area contributed by atoms with E-state index in [1.54, 1.807) is 0 Å². The van der Waals surface area contributed by atoms with Crippen LogP contribution in [0.5, 0.6) is 0 Å². The maximum Gasteiger partial charge on any atom is 0.251 e. The lowest BCUT2D eigenvalue weighted by molar-refractivity contribution is 0.0972. The van der Waals surface area contributed by atoms with Crippen LogP contribution < -0.4 is 5.56 Å². The Morgan fingerprint density at radius 1 is 0.912 bits per heavy atom. The number of carbonyl (C=O) groups is 1. The molecule has 174 valence electrons. The SMILES string of the molecule is Cn1c(-c2ccccc2)c(C(=O)Cn2cc(S(=O)(=O)N3CCCC3)ccc2=O)c2ccccc21. The van der Waals surface area contributed by atoms with E-state index in [9.17, 15) is 18.0 Å². The smallest absolute Gasteiger partial charge is 0.251 e. The molecule has 0 radical (unpaired) electrons. The van der Waals surface area contributed by atoms with E-state index in [0.29, 0.717) is 18.7 Å². The Kier molecular flexibility index (Phi) is 5.71. The predicted molar refractivity (Wildman–Crippen MR) is 131 cm³/mol. The van der Waals surface area contributed by atoms with Crippen LogP contribution in [0.25, 0.3) is 22.2 Å². The third-order valence-electron chi connectivity index (χ3n) is 6.41. The van der Waals surface area contributed by atoms with E-state index in [2.05, 4.69) is 0 Å². The number of ketones is 1. The van der Waals surface area contributed by atoms with Crippen LogP contribution in [0.2, 0.25) is 0 Å². The van der Waals surface area contributed by atoms with Gasteiger partial charge in [-0.25, -0.2) is 8.42 Å². The van der Waals surface area contributed by atoms with Crippen molar-refractivity contribution in [3.63, 3.8) is 0 Å². The van der Waals surface area contributed by atoms with Crippen LogP contribution in [0.3, 0.4) is 0 Å². The van der Waals surface area contributed by atoms with E-state index in [0.717, 1.165) is 35.0 Å². The van der Waals surface area contributed by atoms with E-state index >= 15 is 0 Å². The number of sulfonamides is 1. The summed E-state index contributed by atoms with van der Waals surface area (Å²) < 4.78 is 30.6. The van der Waals surface area contributed by atoms with Gasteiger partial charge in [-0.2, -0.15) is 4.31 Å². The average molecular weight is 476 g/mol. The fraction of sp³-hybridized carbons (Fsp3) is 0.231. The molecule has 4 aromatic rings. The van der Waals surface area contributed by atoms with Crippen LogP contribution in [-0.4, -0.2) is 40.7 Å². The van der Waals surface area contributed by atoms with Gasteiger partial charge in [0.25, 0.3) is 5.56 Å². The van der Waals surface area contributed by atoms with Crippen LogP contribution >= 0.6 is 0 Å². The Hall–Kier alpha value is -3.49. The zero-order chi connectivity index (χ0) is 23.9. The molecule has 0 bridgehead atoms. The third kappa shape index (κ3) is 3.78. The molecule has 2 aromatic heterocycles. The van der Waals surface area contributed by atoms with Crippen LogP contribution in [0.15, 0.2) is 82.6 Å². The largest absolute Gasteiger partial charge is 0.343 e. The molecule has 1 aliphatic rings. The summed E-state index contributed by atoms with van der Waals surface area (Å²) in [5.41, 5.74) is 2.66. The van der Waals surface area contributed by atoms with Crippen LogP contribution in [0.4, 0.5) is 0 Å². The number of nitrogens with zero attached hydrogens (tertiary/aromatic N) is 3.